The number of hydrogen-bond acceptors (Lipinski definition) is 5. The van der Waals surface area contributed by atoms with Gasteiger partial charge in [0.1, 0.15) is 18.4 Å². The van der Waals surface area contributed by atoms with E-state index in [1.807, 2.05) is 13.8 Å². The number of aromatic amines is 1. The Morgan fingerprint density at radius 3 is 3.00 bits per heavy atom. The van der Waals surface area contributed by atoms with E-state index in [2.05, 4.69) is 15.2 Å². The molecular formula is C9H12N4O2S. The quantitative estimate of drug-likeness (QED) is 0.791. The molecule has 6 nitrogen and oxygen atoms in total. The number of aliphatic hydroxyl groups is 1. The second-order valence-electron chi connectivity index (χ2n) is 3.46. The normalized spacial score (nSPS) is 12.9. The first-order valence-electron chi connectivity index (χ1n) is 4.82. The summed E-state index contributed by atoms with van der Waals surface area (Å²) >= 11 is 5.09. The number of nitrogens with zero attached hydrogens (tertiary/aromatic N) is 3. The topological polar surface area (TPSA) is 79.9 Å². The maximum atomic E-state index is 9.13. The fraction of sp³-hybridized carbons (Fsp3) is 0.444. The Labute approximate surface area is 96.9 Å². The van der Waals surface area contributed by atoms with Crippen molar-refractivity contribution in [2.45, 2.75) is 26.5 Å². The van der Waals surface area contributed by atoms with Gasteiger partial charge in [-0.1, -0.05) is 0 Å². The van der Waals surface area contributed by atoms with E-state index in [-0.39, 0.29) is 12.6 Å². The summed E-state index contributed by atoms with van der Waals surface area (Å²) in [5.41, 5.74) is 0. The number of aliphatic hydroxyl groups excluding tert-OH is 1. The zero-order chi connectivity index (χ0) is 11.7. The van der Waals surface area contributed by atoms with Crippen molar-refractivity contribution in [3.63, 3.8) is 0 Å². The van der Waals surface area contributed by atoms with E-state index in [1.165, 1.54) is 0 Å². The van der Waals surface area contributed by atoms with Crippen LogP contribution in [-0.4, -0.2) is 24.9 Å². The predicted molar refractivity (Wildman–Crippen MR) is 58.4 cm³/mol. The Morgan fingerprint density at radius 1 is 1.69 bits per heavy atom. The highest BCUT2D eigenvalue weighted by atomic mass is 32.1. The van der Waals surface area contributed by atoms with Gasteiger partial charge in [-0.15, -0.1) is 0 Å². The van der Waals surface area contributed by atoms with E-state index in [9.17, 15) is 0 Å². The summed E-state index contributed by atoms with van der Waals surface area (Å²) in [6, 6.07) is -0.193. The zero-order valence-corrected chi connectivity index (χ0v) is 9.78. The maximum Gasteiger partial charge on any atom is 0.217 e. The molecule has 0 spiro atoms. The molecule has 0 aliphatic heterocycles. The SMILES string of the molecule is Cc1cnc(C(C)n2c(CO)n[nH]c2=S)o1. The van der Waals surface area contributed by atoms with Crippen molar-refractivity contribution < 1.29 is 9.52 Å². The van der Waals surface area contributed by atoms with Gasteiger partial charge in [0, 0.05) is 0 Å². The second-order valence-corrected chi connectivity index (χ2v) is 3.84. The van der Waals surface area contributed by atoms with Gasteiger partial charge in [-0.05, 0) is 26.1 Å². The molecule has 0 bridgehead atoms. The summed E-state index contributed by atoms with van der Waals surface area (Å²) in [6.45, 7) is 3.53. The van der Waals surface area contributed by atoms with E-state index in [0.29, 0.717) is 16.5 Å². The molecule has 0 amide bonds. The minimum atomic E-state index is -0.193. The van der Waals surface area contributed by atoms with Gasteiger partial charge >= 0.3 is 0 Å². The molecule has 1 unspecified atom stereocenters. The van der Waals surface area contributed by atoms with Crippen molar-refractivity contribution in [1.82, 2.24) is 19.7 Å². The third-order valence-electron chi connectivity index (χ3n) is 2.30. The summed E-state index contributed by atoms with van der Waals surface area (Å²) in [6.07, 6.45) is 1.65. The number of H-pyrrole nitrogens is 1. The fourth-order valence-electron chi connectivity index (χ4n) is 1.52. The van der Waals surface area contributed by atoms with Crippen molar-refractivity contribution in [3.8, 4) is 0 Å². The van der Waals surface area contributed by atoms with Crippen LogP contribution in [0.2, 0.25) is 0 Å². The van der Waals surface area contributed by atoms with Crippen molar-refractivity contribution in [2.24, 2.45) is 0 Å². The Morgan fingerprint density at radius 2 is 2.44 bits per heavy atom. The predicted octanol–water partition coefficient (Wildman–Crippen LogP) is 1.34. The van der Waals surface area contributed by atoms with Crippen LogP contribution in [0.15, 0.2) is 10.6 Å². The molecule has 0 aliphatic carbocycles. The Balaban J connectivity index is 2.44. The highest BCUT2D eigenvalue weighted by Gasteiger charge is 2.18. The first-order valence-corrected chi connectivity index (χ1v) is 5.23. The molecule has 0 aliphatic rings. The number of rotatable bonds is 3. The van der Waals surface area contributed by atoms with Crippen molar-refractivity contribution in [1.29, 1.82) is 0 Å². The third kappa shape index (κ3) is 1.79. The van der Waals surface area contributed by atoms with Gasteiger partial charge in [0.2, 0.25) is 5.89 Å². The van der Waals surface area contributed by atoms with Crippen molar-refractivity contribution in [2.75, 3.05) is 0 Å². The van der Waals surface area contributed by atoms with E-state index < -0.39 is 0 Å². The first-order chi connectivity index (χ1) is 7.63. The first kappa shape index (κ1) is 11.0. The summed E-state index contributed by atoms with van der Waals surface area (Å²) in [5.74, 6) is 1.75. The lowest BCUT2D eigenvalue weighted by Crippen LogP contribution is -2.11. The van der Waals surface area contributed by atoms with Crippen LogP contribution in [0, 0.1) is 11.7 Å². The zero-order valence-electron chi connectivity index (χ0n) is 8.97. The third-order valence-corrected chi connectivity index (χ3v) is 2.59. The summed E-state index contributed by atoms with van der Waals surface area (Å²) in [5, 5.41) is 15.7. The largest absolute Gasteiger partial charge is 0.444 e. The number of aromatic nitrogens is 4. The Bertz CT molecular complexity index is 542. The second kappa shape index (κ2) is 4.18. The van der Waals surface area contributed by atoms with Crippen LogP contribution < -0.4 is 0 Å². The van der Waals surface area contributed by atoms with Crippen molar-refractivity contribution >= 4 is 12.2 Å². The minimum Gasteiger partial charge on any atom is -0.444 e. The molecule has 2 N–H and O–H groups in total. The monoisotopic (exact) mass is 240 g/mol. The standard InChI is InChI=1S/C9H12N4O2S/c1-5-3-10-8(15-5)6(2)13-7(4-14)11-12-9(13)16/h3,6,14H,4H2,1-2H3,(H,12,16). The van der Waals surface area contributed by atoms with Gasteiger partial charge in [-0.3, -0.25) is 9.67 Å². The maximum absolute atomic E-state index is 9.13. The van der Waals surface area contributed by atoms with Gasteiger partial charge in [0.15, 0.2) is 10.6 Å². The molecule has 2 aromatic rings. The van der Waals surface area contributed by atoms with Crippen LogP contribution in [0.5, 0.6) is 0 Å². The van der Waals surface area contributed by atoms with Crippen molar-refractivity contribution in [3.05, 3.63) is 28.4 Å². The molecular weight excluding hydrogens is 228 g/mol. The average Bonchev–Trinajstić information content (AvgIpc) is 2.83. The lowest BCUT2D eigenvalue weighted by Gasteiger charge is -2.10. The van der Waals surface area contributed by atoms with Gasteiger partial charge < -0.3 is 9.52 Å². The Kier molecular flexibility index (Phi) is 2.88. The molecule has 7 heteroatoms. The molecule has 0 saturated carbocycles. The molecule has 16 heavy (non-hydrogen) atoms. The van der Waals surface area contributed by atoms with Crippen LogP contribution in [0.4, 0.5) is 0 Å². The highest BCUT2D eigenvalue weighted by Crippen LogP contribution is 2.19. The molecule has 0 radical (unpaired) electrons. The van der Waals surface area contributed by atoms with Gasteiger partial charge in [0.25, 0.3) is 0 Å². The molecule has 2 aromatic heterocycles. The smallest absolute Gasteiger partial charge is 0.217 e. The summed E-state index contributed by atoms with van der Waals surface area (Å²) in [7, 11) is 0. The minimum absolute atomic E-state index is 0.183. The van der Waals surface area contributed by atoms with Crippen LogP contribution in [0.3, 0.4) is 0 Å². The number of oxazole rings is 1. The van der Waals surface area contributed by atoms with E-state index in [0.717, 1.165) is 5.76 Å². The van der Waals surface area contributed by atoms with Crippen LogP contribution in [-0.2, 0) is 6.61 Å². The van der Waals surface area contributed by atoms with Crippen LogP contribution in [0.1, 0.15) is 30.4 Å². The van der Waals surface area contributed by atoms with Gasteiger partial charge in [-0.2, -0.15) is 5.10 Å². The Hall–Kier alpha value is -1.47. The molecule has 86 valence electrons. The lowest BCUT2D eigenvalue weighted by molar-refractivity contribution is 0.260. The number of hydrogen-bond donors (Lipinski definition) is 2. The number of nitrogens with one attached hydrogen (secondary N) is 1. The number of aryl methyl sites for hydroxylation is 1. The van der Waals surface area contributed by atoms with Gasteiger partial charge in [0.05, 0.1) is 6.20 Å². The summed E-state index contributed by atoms with van der Waals surface area (Å²) in [4.78, 5) is 4.13. The average molecular weight is 240 g/mol. The molecule has 0 fully saturated rings. The van der Waals surface area contributed by atoms with E-state index >= 15 is 0 Å². The highest BCUT2D eigenvalue weighted by molar-refractivity contribution is 7.71. The molecule has 2 rings (SSSR count). The molecule has 2 heterocycles. The lowest BCUT2D eigenvalue weighted by atomic mass is 10.3. The van der Waals surface area contributed by atoms with Crippen LogP contribution in [0.25, 0.3) is 0 Å². The molecule has 0 saturated heterocycles. The molecule has 0 aromatic carbocycles. The van der Waals surface area contributed by atoms with E-state index in [4.69, 9.17) is 21.7 Å². The summed E-state index contributed by atoms with van der Waals surface area (Å²) < 4.78 is 7.54. The van der Waals surface area contributed by atoms with Crippen LogP contribution >= 0.6 is 12.2 Å². The fourth-order valence-corrected chi connectivity index (χ4v) is 1.83. The van der Waals surface area contributed by atoms with Gasteiger partial charge in [-0.25, -0.2) is 4.98 Å². The molecule has 1 atom stereocenters. The van der Waals surface area contributed by atoms with E-state index in [1.54, 1.807) is 10.8 Å².